The van der Waals surface area contributed by atoms with Gasteiger partial charge >= 0.3 is 6.09 Å². The maximum atomic E-state index is 13.2. The van der Waals surface area contributed by atoms with Crippen molar-refractivity contribution in [2.45, 2.75) is 63.8 Å². The summed E-state index contributed by atoms with van der Waals surface area (Å²) in [5.41, 5.74) is -0.265. The smallest absolute Gasteiger partial charge is 0.411 e. The van der Waals surface area contributed by atoms with Crippen LogP contribution in [0, 0.1) is 11.3 Å². The van der Waals surface area contributed by atoms with Gasteiger partial charge in [0.05, 0.1) is 6.07 Å². The molecule has 3 amide bonds. The van der Waals surface area contributed by atoms with Crippen molar-refractivity contribution in [2.24, 2.45) is 0 Å². The molecule has 0 spiro atoms. The predicted octanol–water partition coefficient (Wildman–Crippen LogP) is 1.70. The number of nitrogens with one attached hydrogen (secondary N) is 1. The van der Waals surface area contributed by atoms with E-state index in [1.54, 1.807) is 32.9 Å². The molecule has 1 N–H and O–H groups in total. The summed E-state index contributed by atoms with van der Waals surface area (Å²) in [6.45, 7) is 5.92. The Morgan fingerprint density at radius 3 is 2.57 bits per heavy atom. The van der Waals surface area contributed by atoms with Gasteiger partial charge in [-0.3, -0.25) is 19.5 Å². The van der Waals surface area contributed by atoms with Crippen molar-refractivity contribution in [3.63, 3.8) is 0 Å². The summed E-state index contributed by atoms with van der Waals surface area (Å²) < 4.78 is 5.49. The van der Waals surface area contributed by atoms with E-state index in [4.69, 9.17) is 4.74 Å². The van der Waals surface area contributed by atoms with E-state index in [0.29, 0.717) is 18.5 Å². The average Bonchev–Trinajstić information content (AvgIpc) is 3.33. The van der Waals surface area contributed by atoms with E-state index in [2.05, 4.69) is 16.4 Å². The van der Waals surface area contributed by atoms with E-state index in [9.17, 15) is 19.6 Å². The number of carbonyl (C=O) groups is 3. The number of amides is 3. The molecule has 2 saturated heterocycles. The number of rotatable bonds is 3. The van der Waals surface area contributed by atoms with Crippen molar-refractivity contribution in [1.29, 1.82) is 5.26 Å². The standard InChI is InChI=1S/C21H27N5O4/c1-21(2,3)30-20(29)26-13-15(24-18(27)14-6-8-23-9-7-14)11-17(26)19(28)25-10-4-5-16(25)12-22/h6-9,15-17H,4-5,10-11,13H2,1-3H3,(H,24,27)/t15-,16?,17-/m0/s1. The molecule has 3 heterocycles. The van der Waals surface area contributed by atoms with E-state index in [-0.39, 0.29) is 24.8 Å². The third kappa shape index (κ3) is 4.87. The summed E-state index contributed by atoms with van der Waals surface area (Å²) >= 11 is 0. The first-order valence-electron chi connectivity index (χ1n) is 10.1. The Balaban J connectivity index is 1.77. The average molecular weight is 413 g/mol. The molecular weight excluding hydrogens is 386 g/mol. The van der Waals surface area contributed by atoms with Gasteiger partial charge in [0.15, 0.2) is 0 Å². The van der Waals surface area contributed by atoms with Crippen LogP contribution in [-0.4, -0.2) is 69.5 Å². The van der Waals surface area contributed by atoms with E-state index in [0.717, 1.165) is 6.42 Å². The second kappa shape index (κ2) is 8.69. The van der Waals surface area contributed by atoms with Crippen molar-refractivity contribution in [3.8, 4) is 6.07 Å². The molecule has 9 heteroatoms. The second-order valence-corrected chi connectivity index (χ2v) is 8.61. The number of ether oxygens (including phenoxy) is 1. The first kappa shape index (κ1) is 21.6. The molecule has 1 aromatic rings. The van der Waals surface area contributed by atoms with Crippen LogP contribution in [0.1, 0.15) is 50.4 Å². The molecule has 2 aliphatic heterocycles. The third-order valence-corrected chi connectivity index (χ3v) is 5.18. The van der Waals surface area contributed by atoms with Crippen molar-refractivity contribution in [3.05, 3.63) is 30.1 Å². The lowest BCUT2D eigenvalue weighted by molar-refractivity contribution is -0.135. The van der Waals surface area contributed by atoms with Gasteiger partial charge in [0.1, 0.15) is 17.7 Å². The van der Waals surface area contributed by atoms with Gasteiger partial charge < -0.3 is 15.0 Å². The Labute approximate surface area is 176 Å². The topological polar surface area (TPSA) is 116 Å². The predicted molar refractivity (Wildman–Crippen MR) is 107 cm³/mol. The highest BCUT2D eigenvalue weighted by Crippen LogP contribution is 2.26. The van der Waals surface area contributed by atoms with Gasteiger partial charge in [-0.1, -0.05) is 0 Å². The minimum atomic E-state index is -0.781. The number of hydrogen-bond donors (Lipinski definition) is 1. The van der Waals surface area contributed by atoms with E-state index in [1.807, 2.05) is 0 Å². The summed E-state index contributed by atoms with van der Waals surface area (Å²) in [5.74, 6) is -0.568. The number of nitrogens with zero attached hydrogens (tertiary/aromatic N) is 4. The molecule has 160 valence electrons. The Kier molecular flexibility index (Phi) is 6.25. The Morgan fingerprint density at radius 1 is 1.23 bits per heavy atom. The summed E-state index contributed by atoms with van der Waals surface area (Å²) in [5, 5.41) is 12.2. The fourth-order valence-electron chi connectivity index (χ4n) is 3.83. The van der Waals surface area contributed by atoms with Gasteiger partial charge in [-0.25, -0.2) is 4.79 Å². The number of nitriles is 1. The van der Waals surface area contributed by atoms with Crippen molar-refractivity contribution in [2.75, 3.05) is 13.1 Å². The maximum absolute atomic E-state index is 13.2. The van der Waals surface area contributed by atoms with Crippen molar-refractivity contribution >= 4 is 17.9 Å². The first-order chi connectivity index (χ1) is 14.2. The van der Waals surface area contributed by atoms with Crippen LogP contribution in [0.15, 0.2) is 24.5 Å². The Morgan fingerprint density at radius 2 is 1.93 bits per heavy atom. The second-order valence-electron chi connectivity index (χ2n) is 8.61. The van der Waals surface area contributed by atoms with Crippen LogP contribution >= 0.6 is 0 Å². The summed E-state index contributed by atoms with van der Waals surface area (Å²) in [6, 6.07) is 3.68. The highest BCUT2D eigenvalue weighted by atomic mass is 16.6. The van der Waals surface area contributed by atoms with Crippen molar-refractivity contribution in [1.82, 2.24) is 20.1 Å². The first-order valence-corrected chi connectivity index (χ1v) is 10.1. The molecule has 0 aliphatic carbocycles. The Bertz CT molecular complexity index is 845. The number of likely N-dealkylation sites (tertiary alicyclic amines) is 2. The molecule has 3 rings (SSSR count). The minimum Gasteiger partial charge on any atom is -0.444 e. The molecule has 1 aromatic heterocycles. The highest BCUT2D eigenvalue weighted by molar-refractivity contribution is 5.94. The summed E-state index contributed by atoms with van der Waals surface area (Å²) in [6.07, 6.45) is 4.10. The van der Waals surface area contributed by atoms with Crippen LogP contribution < -0.4 is 5.32 Å². The third-order valence-electron chi connectivity index (χ3n) is 5.18. The lowest BCUT2D eigenvalue weighted by Crippen LogP contribution is -2.50. The number of hydrogen-bond acceptors (Lipinski definition) is 6. The molecule has 0 bridgehead atoms. The van der Waals surface area contributed by atoms with Gasteiger partial charge in [0, 0.05) is 37.1 Å². The number of aromatic nitrogens is 1. The fraction of sp³-hybridized carbons (Fsp3) is 0.571. The zero-order valence-electron chi connectivity index (χ0n) is 17.5. The van der Waals surface area contributed by atoms with Crippen LogP contribution in [0.2, 0.25) is 0 Å². The fourth-order valence-corrected chi connectivity index (χ4v) is 3.83. The SMILES string of the molecule is CC(C)(C)OC(=O)N1C[C@@H](NC(=O)c2ccncc2)C[C@H]1C(=O)N1CCCC1C#N. The lowest BCUT2D eigenvalue weighted by atomic mass is 10.1. The molecule has 9 nitrogen and oxygen atoms in total. The zero-order chi connectivity index (χ0) is 21.9. The molecular formula is C21H27N5O4. The van der Waals surface area contributed by atoms with E-state index in [1.165, 1.54) is 22.2 Å². The number of carbonyl (C=O) groups excluding carboxylic acids is 3. The van der Waals surface area contributed by atoms with Crippen LogP contribution in [0.5, 0.6) is 0 Å². The minimum absolute atomic E-state index is 0.160. The van der Waals surface area contributed by atoms with Crippen LogP contribution in [0.25, 0.3) is 0 Å². The molecule has 30 heavy (non-hydrogen) atoms. The summed E-state index contributed by atoms with van der Waals surface area (Å²) in [4.78, 5) is 45.3. The molecule has 0 saturated carbocycles. The van der Waals surface area contributed by atoms with Crippen LogP contribution in [0.4, 0.5) is 4.79 Å². The zero-order valence-corrected chi connectivity index (χ0v) is 17.5. The molecule has 0 radical (unpaired) electrons. The highest BCUT2D eigenvalue weighted by Gasteiger charge is 2.45. The van der Waals surface area contributed by atoms with E-state index >= 15 is 0 Å². The van der Waals surface area contributed by atoms with Gasteiger partial charge in [-0.15, -0.1) is 0 Å². The number of pyridine rings is 1. The van der Waals surface area contributed by atoms with Crippen molar-refractivity contribution < 1.29 is 19.1 Å². The van der Waals surface area contributed by atoms with Gasteiger partial charge in [0.25, 0.3) is 5.91 Å². The molecule has 2 aliphatic rings. The van der Waals surface area contributed by atoms with E-state index < -0.39 is 29.8 Å². The van der Waals surface area contributed by atoms with Crippen LogP contribution in [-0.2, 0) is 9.53 Å². The molecule has 2 fully saturated rings. The molecule has 0 aromatic carbocycles. The van der Waals surface area contributed by atoms with Gasteiger partial charge in [-0.05, 0) is 52.2 Å². The quantitative estimate of drug-likeness (QED) is 0.806. The van der Waals surface area contributed by atoms with Crippen LogP contribution in [0.3, 0.4) is 0 Å². The lowest BCUT2D eigenvalue weighted by Gasteiger charge is -2.30. The summed E-state index contributed by atoms with van der Waals surface area (Å²) in [7, 11) is 0. The largest absolute Gasteiger partial charge is 0.444 e. The van der Waals surface area contributed by atoms with Gasteiger partial charge in [0.2, 0.25) is 5.91 Å². The normalized spacial score (nSPS) is 23.7. The molecule has 3 atom stereocenters. The monoisotopic (exact) mass is 413 g/mol. The van der Waals surface area contributed by atoms with Gasteiger partial charge in [-0.2, -0.15) is 5.26 Å². The Hall–Kier alpha value is -3.15. The maximum Gasteiger partial charge on any atom is 0.411 e. The molecule has 1 unspecified atom stereocenters.